The molecular formula is C38H51FN2OS. The van der Waals surface area contributed by atoms with E-state index in [4.69, 9.17) is 0 Å². The van der Waals surface area contributed by atoms with Gasteiger partial charge in [0, 0.05) is 36.3 Å². The van der Waals surface area contributed by atoms with E-state index in [-0.39, 0.29) is 11.7 Å². The number of terminal acetylenes is 1. The third kappa shape index (κ3) is 14.8. The number of carbonyl (C=O) groups excluding carboxylic acids is 1. The van der Waals surface area contributed by atoms with Gasteiger partial charge in [-0.2, -0.15) is 0 Å². The van der Waals surface area contributed by atoms with Crippen molar-refractivity contribution in [1.82, 2.24) is 9.21 Å². The molecule has 2 rings (SSSR count). The number of amides is 1. The highest BCUT2D eigenvalue weighted by Gasteiger charge is 2.23. The van der Waals surface area contributed by atoms with Gasteiger partial charge in [0.25, 0.3) is 0 Å². The summed E-state index contributed by atoms with van der Waals surface area (Å²) in [7, 11) is 0. The maximum atomic E-state index is 13.6. The van der Waals surface area contributed by atoms with Crippen molar-refractivity contribution in [1.29, 1.82) is 0 Å². The number of allylic oxidation sites excluding steroid dienone is 9. The lowest BCUT2D eigenvalue weighted by molar-refractivity contribution is -0.131. The fourth-order valence-electron chi connectivity index (χ4n) is 4.30. The van der Waals surface area contributed by atoms with Crippen molar-refractivity contribution in [3.05, 3.63) is 132 Å². The van der Waals surface area contributed by atoms with E-state index >= 15 is 0 Å². The molecule has 3 nitrogen and oxygen atoms in total. The number of piperidine rings is 1. The summed E-state index contributed by atoms with van der Waals surface area (Å²) in [5.41, 5.74) is 4.08. The molecule has 1 aliphatic rings. The van der Waals surface area contributed by atoms with E-state index in [0.29, 0.717) is 25.4 Å². The molecule has 1 aliphatic heterocycles. The predicted octanol–water partition coefficient (Wildman–Crippen LogP) is 10.7. The molecule has 0 aliphatic carbocycles. The molecular weight excluding hydrogens is 551 g/mol. The van der Waals surface area contributed by atoms with Crippen molar-refractivity contribution in [2.45, 2.75) is 72.6 Å². The van der Waals surface area contributed by atoms with Gasteiger partial charge in [-0.15, -0.1) is 19.4 Å². The molecule has 1 heterocycles. The lowest BCUT2D eigenvalue weighted by atomic mass is 9.89. The molecule has 0 aromatic heterocycles. The Kier molecular flexibility index (Phi) is 21.7. The average molecular weight is 603 g/mol. The molecule has 1 saturated heterocycles. The fraction of sp³-hybridized carbons (Fsp3) is 0.342. The van der Waals surface area contributed by atoms with E-state index in [0.717, 1.165) is 53.0 Å². The van der Waals surface area contributed by atoms with Gasteiger partial charge >= 0.3 is 0 Å². The molecule has 0 radical (unpaired) electrons. The van der Waals surface area contributed by atoms with Crippen LogP contribution < -0.4 is 0 Å². The van der Waals surface area contributed by atoms with Crippen LogP contribution in [-0.2, 0) is 4.79 Å². The first-order chi connectivity index (χ1) is 20.8. The molecule has 0 unspecified atom stereocenters. The van der Waals surface area contributed by atoms with Crippen LogP contribution >= 0.6 is 11.9 Å². The molecule has 0 bridgehead atoms. The van der Waals surface area contributed by atoms with Gasteiger partial charge in [0.15, 0.2) is 0 Å². The van der Waals surface area contributed by atoms with Crippen LogP contribution in [0.4, 0.5) is 4.39 Å². The van der Waals surface area contributed by atoms with Gasteiger partial charge in [-0.05, 0) is 92.3 Å². The summed E-state index contributed by atoms with van der Waals surface area (Å²) in [6.45, 7) is 23.6. The Bertz CT molecular complexity index is 1190. The third-order valence-electron chi connectivity index (χ3n) is 6.55. The molecule has 1 aromatic rings. The van der Waals surface area contributed by atoms with Crippen molar-refractivity contribution in [2.24, 2.45) is 0 Å². The van der Waals surface area contributed by atoms with Gasteiger partial charge in [0.05, 0.1) is 0 Å². The minimum Gasteiger partial charge on any atom is -0.342 e. The Morgan fingerprint density at radius 1 is 1.19 bits per heavy atom. The van der Waals surface area contributed by atoms with Gasteiger partial charge < -0.3 is 4.90 Å². The molecule has 0 saturated carbocycles. The third-order valence-corrected chi connectivity index (χ3v) is 7.60. The molecule has 1 aromatic carbocycles. The maximum absolute atomic E-state index is 13.6. The zero-order chi connectivity index (χ0) is 32.6. The van der Waals surface area contributed by atoms with Gasteiger partial charge in [0.1, 0.15) is 5.82 Å². The number of likely N-dealkylation sites (tertiary alicyclic amines) is 1. The Hall–Kier alpha value is -3.75. The van der Waals surface area contributed by atoms with Crippen LogP contribution in [0.2, 0.25) is 0 Å². The number of benzene rings is 1. The molecule has 1 amide bonds. The number of rotatable bonds is 14. The van der Waals surface area contributed by atoms with Gasteiger partial charge in [0.2, 0.25) is 5.91 Å². The number of hydrogen-bond donors (Lipinski definition) is 0. The Balaban J connectivity index is 0.00000422. The zero-order valence-electron chi connectivity index (χ0n) is 26.9. The summed E-state index contributed by atoms with van der Waals surface area (Å²) in [4.78, 5) is 15.9. The summed E-state index contributed by atoms with van der Waals surface area (Å²) in [6, 6.07) is 6.83. The lowest BCUT2D eigenvalue weighted by Gasteiger charge is -2.32. The van der Waals surface area contributed by atoms with Crippen LogP contribution in [0.3, 0.4) is 0 Å². The molecule has 5 heteroatoms. The van der Waals surface area contributed by atoms with Gasteiger partial charge in [-0.3, -0.25) is 9.10 Å². The van der Waals surface area contributed by atoms with Crippen LogP contribution in [0.15, 0.2) is 121 Å². The van der Waals surface area contributed by atoms with E-state index in [1.54, 1.807) is 30.2 Å². The maximum Gasteiger partial charge on any atom is 0.226 e. The van der Waals surface area contributed by atoms with E-state index in [1.807, 2.05) is 66.4 Å². The van der Waals surface area contributed by atoms with Crippen molar-refractivity contribution in [3.8, 4) is 12.8 Å². The van der Waals surface area contributed by atoms with Crippen molar-refractivity contribution in [2.75, 3.05) is 13.1 Å². The Morgan fingerprint density at radius 3 is 2.42 bits per heavy atom. The normalized spacial score (nSPS) is 14.4. The van der Waals surface area contributed by atoms with E-state index in [9.17, 15) is 9.18 Å². The summed E-state index contributed by atoms with van der Waals surface area (Å²) in [6.07, 6.45) is 29.6. The minimum atomic E-state index is -0.201. The second kappa shape index (κ2) is 23.8. The van der Waals surface area contributed by atoms with Crippen LogP contribution in [0.25, 0.3) is 0 Å². The second-order valence-electron chi connectivity index (χ2n) is 9.47. The van der Waals surface area contributed by atoms with E-state index < -0.39 is 0 Å². The molecule has 43 heavy (non-hydrogen) atoms. The fourth-order valence-corrected chi connectivity index (χ4v) is 5.29. The van der Waals surface area contributed by atoms with E-state index in [2.05, 4.69) is 64.8 Å². The summed E-state index contributed by atoms with van der Waals surface area (Å²) in [5.74, 6) is 0.220. The lowest BCUT2D eigenvalue weighted by Crippen LogP contribution is -2.37. The van der Waals surface area contributed by atoms with Crippen molar-refractivity contribution >= 4 is 17.9 Å². The molecule has 0 atom stereocenters. The quantitative estimate of drug-likeness (QED) is 0.0916. The highest BCUT2D eigenvalue weighted by molar-refractivity contribution is 8.01. The summed E-state index contributed by atoms with van der Waals surface area (Å²) >= 11 is 1.55. The van der Waals surface area contributed by atoms with Gasteiger partial charge in [-0.25, -0.2) is 4.39 Å². The number of hydrogen-bond acceptors (Lipinski definition) is 3. The minimum absolute atomic E-state index is 0.120. The largest absolute Gasteiger partial charge is 0.342 e. The summed E-state index contributed by atoms with van der Waals surface area (Å²) in [5, 5.41) is 0. The first kappa shape index (κ1) is 39.2. The standard InChI is InChI=1S/C34H43FN2OS.C2H6.C2H2/c1-7-11-16-27(5)31(14-8-2)26-37(28(6)10-4)39-33(15-9-3)19-13-20-34(38)36-23-21-29(22-24-36)30-17-12-18-32(35)25-30;2*1-2/h7-8,10-13,15-19,25-26,29H,2,4,6,9,14,20-24H2,1,3,5H3;1-2H3;1-2H/b11-7-,19-13-,27-16+,31-26+,33-15+;;. The Morgan fingerprint density at radius 2 is 1.86 bits per heavy atom. The average Bonchev–Trinajstić information content (AvgIpc) is 3.04. The molecule has 232 valence electrons. The smallest absolute Gasteiger partial charge is 0.226 e. The van der Waals surface area contributed by atoms with Crippen molar-refractivity contribution < 1.29 is 9.18 Å². The van der Waals surface area contributed by atoms with Crippen molar-refractivity contribution in [3.63, 3.8) is 0 Å². The number of nitrogens with zero attached hydrogens (tertiary/aromatic N) is 2. The summed E-state index contributed by atoms with van der Waals surface area (Å²) < 4.78 is 15.6. The molecule has 0 N–H and O–H groups in total. The van der Waals surface area contributed by atoms with Crippen LogP contribution in [-0.4, -0.2) is 28.2 Å². The van der Waals surface area contributed by atoms with Crippen LogP contribution in [0, 0.1) is 18.7 Å². The van der Waals surface area contributed by atoms with Crippen LogP contribution in [0.5, 0.6) is 0 Å². The highest BCUT2D eigenvalue weighted by atomic mass is 32.2. The van der Waals surface area contributed by atoms with Gasteiger partial charge in [-0.1, -0.05) is 88.6 Å². The van der Waals surface area contributed by atoms with Crippen LogP contribution in [0.1, 0.15) is 78.2 Å². The number of carbonyl (C=O) groups is 1. The first-order valence-corrected chi connectivity index (χ1v) is 15.7. The highest BCUT2D eigenvalue weighted by Crippen LogP contribution is 2.31. The molecule has 1 fully saturated rings. The topological polar surface area (TPSA) is 23.6 Å². The zero-order valence-corrected chi connectivity index (χ0v) is 27.7. The monoisotopic (exact) mass is 602 g/mol. The second-order valence-corrected chi connectivity index (χ2v) is 10.5. The predicted molar refractivity (Wildman–Crippen MR) is 189 cm³/mol. The first-order valence-electron chi connectivity index (χ1n) is 15.0. The van der Waals surface area contributed by atoms with E-state index in [1.165, 1.54) is 6.07 Å². The SMILES string of the molecule is C#C.C=CCC(=C\N(SC(/C=C\CC(=O)N1CCC(c2cccc(F)c2)CC1)=C/CC)C(=C)C=C)/C(C)=C/C=C\C.CC. The Labute approximate surface area is 266 Å². The number of halogens is 1. The molecule has 0 spiro atoms.